The molecule has 0 aliphatic rings. The summed E-state index contributed by atoms with van der Waals surface area (Å²) in [6, 6.07) is 0. The minimum atomic E-state index is 0.681. The lowest BCUT2D eigenvalue weighted by Gasteiger charge is -2.05. The molecule has 11 heavy (non-hydrogen) atoms. The van der Waals surface area contributed by atoms with E-state index in [9.17, 15) is 0 Å². The van der Waals surface area contributed by atoms with Gasteiger partial charge in [0.1, 0.15) is 0 Å². The van der Waals surface area contributed by atoms with E-state index >= 15 is 0 Å². The molecule has 0 saturated carbocycles. The summed E-state index contributed by atoms with van der Waals surface area (Å²) in [5.41, 5.74) is 2.50. The molecule has 0 heterocycles. The standard InChI is InChI=1S/C7H18N4/c1-3-5-6-10-7(11-8)9-4-2/h3-6,8H2,1-2H3,(H2,9,10,11). The van der Waals surface area contributed by atoms with Crippen LogP contribution in [0.25, 0.3) is 0 Å². The lowest BCUT2D eigenvalue weighted by molar-refractivity contribution is 0.783. The van der Waals surface area contributed by atoms with Crippen LogP contribution in [-0.4, -0.2) is 19.0 Å². The summed E-state index contributed by atoms with van der Waals surface area (Å²) in [5, 5.41) is 3.01. The molecule has 0 fully saturated rings. The molecular formula is C7H18N4. The normalized spacial score (nSPS) is 11.4. The van der Waals surface area contributed by atoms with E-state index in [2.05, 4.69) is 22.7 Å². The highest BCUT2D eigenvalue weighted by Crippen LogP contribution is 1.85. The fraction of sp³-hybridized carbons (Fsp3) is 0.857. The molecule has 0 unspecified atom stereocenters. The predicted molar refractivity (Wildman–Crippen MR) is 48.2 cm³/mol. The van der Waals surface area contributed by atoms with Gasteiger partial charge in [0, 0.05) is 13.1 Å². The highest BCUT2D eigenvalue weighted by Gasteiger charge is 1.89. The van der Waals surface area contributed by atoms with Gasteiger partial charge in [-0.05, 0) is 13.3 Å². The van der Waals surface area contributed by atoms with Gasteiger partial charge in [-0.2, -0.15) is 0 Å². The fourth-order valence-corrected chi connectivity index (χ4v) is 0.669. The average Bonchev–Trinajstić information content (AvgIpc) is 2.03. The van der Waals surface area contributed by atoms with E-state index in [1.54, 1.807) is 0 Å². The number of hydrazine groups is 1. The number of nitrogens with two attached hydrogens (primary N) is 1. The molecule has 0 aliphatic heterocycles. The highest BCUT2D eigenvalue weighted by molar-refractivity contribution is 5.78. The minimum Gasteiger partial charge on any atom is -0.356 e. The van der Waals surface area contributed by atoms with E-state index in [1.165, 1.54) is 0 Å². The first kappa shape index (κ1) is 10.2. The van der Waals surface area contributed by atoms with Gasteiger partial charge in [-0.3, -0.25) is 10.4 Å². The van der Waals surface area contributed by atoms with Gasteiger partial charge in [-0.25, -0.2) is 5.84 Å². The first-order valence-electron chi connectivity index (χ1n) is 4.10. The van der Waals surface area contributed by atoms with E-state index in [1.807, 2.05) is 6.92 Å². The topological polar surface area (TPSA) is 62.4 Å². The molecule has 0 aromatic rings. The van der Waals surface area contributed by atoms with Gasteiger partial charge in [0.2, 0.25) is 5.96 Å². The van der Waals surface area contributed by atoms with Crippen LogP contribution in [0, 0.1) is 0 Å². The molecule has 4 heteroatoms. The van der Waals surface area contributed by atoms with Crippen LogP contribution in [0.5, 0.6) is 0 Å². The second-order valence-electron chi connectivity index (χ2n) is 2.26. The number of guanidine groups is 1. The Kier molecular flexibility index (Phi) is 6.82. The third kappa shape index (κ3) is 5.66. The molecule has 0 saturated heterocycles. The first-order valence-corrected chi connectivity index (χ1v) is 4.10. The molecule has 0 atom stereocenters. The molecule has 0 rings (SSSR count). The Morgan fingerprint density at radius 1 is 1.45 bits per heavy atom. The van der Waals surface area contributed by atoms with Crippen LogP contribution in [0.1, 0.15) is 26.7 Å². The Hall–Kier alpha value is -0.770. The van der Waals surface area contributed by atoms with Crippen LogP contribution >= 0.6 is 0 Å². The number of aliphatic imine (C=N–C) groups is 1. The summed E-state index contributed by atoms with van der Waals surface area (Å²) in [6.07, 6.45) is 2.27. The van der Waals surface area contributed by atoms with E-state index in [0.717, 1.165) is 25.9 Å². The zero-order valence-corrected chi connectivity index (χ0v) is 7.35. The molecule has 0 aromatic heterocycles. The van der Waals surface area contributed by atoms with Crippen LogP contribution in [0.4, 0.5) is 0 Å². The van der Waals surface area contributed by atoms with E-state index in [0.29, 0.717) is 5.96 Å². The first-order chi connectivity index (χ1) is 5.35. The van der Waals surface area contributed by atoms with Crippen molar-refractivity contribution >= 4 is 5.96 Å². The second kappa shape index (κ2) is 7.34. The van der Waals surface area contributed by atoms with Crippen molar-refractivity contribution in [1.29, 1.82) is 0 Å². The zero-order valence-electron chi connectivity index (χ0n) is 7.35. The number of rotatable bonds is 4. The number of nitrogens with one attached hydrogen (secondary N) is 2. The second-order valence-corrected chi connectivity index (χ2v) is 2.26. The van der Waals surface area contributed by atoms with Crippen molar-refractivity contribution in [2.24, 2.45) is 10.8 Å². The van der Waals surface area contributed by atoms with Gasteiger partial charge >= 0.3 is 0 Å². The van der Waals surface area contributed by atoms with Crippen molar-refractivity contribution in [1.82, 2.24) is 10.7 Å². The molecule has 0 bridgehead atoms. The molecular weight excluding hydrogens is 140 g/mol. The van der Waals surface area contributed by atoms with Gasteiger partial charge in [0.05, 0.1) is 0 Å². The molecule has 66 valence electrons. The maximum atomic E-state index is 5.20. The van der Waals surface area contributed by atoms with Crippen LogP contribution in [-0.2, 0) is 0 Å². The average molecular weight is 158 g/mol. The van der Waals surface area contributed by atoms with Crippen molar-refractivity contribution in [2.75, 3.05) is 13.1 Å². The van der Waals surface area contributed by atoms with Gasteiger partial charge in [0.25, 0.3) is 0 Å². The number of hydrogen-bond donors (Lipinski definition) is 3. The molecule has 0 aromatic carbocycles. The maximum Gasteiger partial charge on any atom is 0.205 e. The quantitative estimate of drug-likeness (QED) is 0.180. The summed E-state index contributed by atoms with van der Waals surface area (Å²) in [6.45, 7) is 5.82. The number of hydrogen-bond acceptors (Lipinski definition) is 2. The maximum absolute atomic E-state index is 5.20. The molecule has 0 aliphatic carbocycles. The smallest absolute Gasteiger partial charge is 0.205 e. The Morgan fingerprint density at radius 3 is 2.64 bits per heavy atom. The van der Waals surface area contributed by atoms with E-state index < -0.39 is 0 Å². The lowest BCUT2D eigenvalue weighted by atomic mass is 10.3. The third-order valence-corrected chi connectivity index (χ3v) is 1.26. The van der Waals surface area contributed by atoms with Gasteiger partial charge in [-0.15, -0.1) is 0 Å². The fourth-order valence-electron chi connectivity index (χ4n) is 0.669. The molecule has 0 amide bonds. The zero-order chi connectivity index (χ0) is 8.53. The number of nitrogens with zero attached hydrogens (tertiary/aromatic N) is 1. The van der Waals surface area contributed by atoms with Crippen molar-refractivity contribution < 1.29 is 0 Å². The summed E-state index contributed by atoms with van der Waals surface area (Å²) < 4.78 is 0. The van der Waals surface area contributed by atoms with Crippen molar-refractivity contribution in [2.45, 2.75) is 26.7 Å². The molecule has 4 N–H and O–H groups in total. The molecule has 4 nitrogen and oxygen atoms in total. The van der Waals surface area contributed by atoms with Crippen molar-refractivity contribution in [3.8, 4) is 0 Å². The number of unbranched alkanes of at least 4 members (excludes halogenated alkanes) is 1. The minimum absolute atomic E-state index is 0.681. The van der Waals surface area contributed by atoms with Crippen LogP contribution < -0.4 is 16.6 Å². The van der Waals surface area contributed by atoms with Crippen molar-refractivity contribution in [3.63, 3.8) is 0 Å². The Bertz CT molecular complexity index is 111. The van der Waals surface area contributed by atoms with Gasteiger partial charge in [-0.1, -0.05) is 13.3 Å². The predicted octanol–water partition coefficient (Wildman–Crippen LogP) is 0.215. The Morgan fingerprint density at radius 2 is 2.18 bits per heavy atom. The van der Waals surface area contributed by atoms with Crippen molar-refractivity contribution in [3.05, 3.63) is 0 Å². The van der Waals surface area contributed by atoms with Crippen LogP contribution in [0.3, 0.4) is 0 Å². The van der Waals surface area contributed by atoms with Gasteiger partial charge in [0.15, 0.2) is 0 Å². The lowest BCUT2D eigenvalue weighted by Crippen LogP contribution is -2.41. The Balaban J connectivity index is 3.52. The van der Waals surface area contributed by atoms with Crippen LogP contribution in [0.2, 0.25) is 0 Å². The summed E-state index contributed by atoms with van der Waals surface area (Å²) in [5.74, 6) is 5.88. The van der Waals surface area contributed by atoms with E-state index in [4.69, 9.17) is 5.84 Å². The SMILES string of the molecule is CCCCN=C(NN)NCC. The summed E-state index contributed by atoms with van der Waals surface area (Å²) >= 11 is 0. The molecule has 0 radical (unpaired) electrons. The molecule has 0 spiro atoms. The Labute approximate surface area is 68.2 Å². The largest absolute Gasteiger partial charge is 0.356 e. The van der Waals surface area contributed by atoms with Gasteiger partial charge < -0.3 is 5.32 Å². The van der Waals surface area contributed by atoms with Crippen LogP contribution in [0.15, 0.2) is 4.99 Å². The highest BCUT2D eigenvalue weighted by atomic mass is 15.3. The summed E-state index contributed by atoms with van der Waals surface area (Å²) in [4.78, 5) is 4.19. The third-order valence-electron chi connectivity index (χ3n) is 1.26. The van der Waals surface area contributed by atoms with E-state index in [-0.39, 0.29) is 0 Å². The summed E-state index contributed by atoms with van der Waals surface area (Å²) in [7, 11) is 0. The monoisotopic (exact) mass is 158 g/mol.